The third kappa shape index (κ3) is 3.48. The maximum absolute atomic E-state index is 14.4. The first-order valence-electron chi connectivity index (χ1n) is 9.05. The van der Waals surface area contributed by atoms with E-state index in [1.54, 1.807) is 24.4 Å². The Labute approximate surface area is 156 Å². The largest absolute Gasteiger partial charge is 0.304 e. The van der Waals surface area contributed by atoms with Crippen LogP contribution in [-0.2, 0) is 6.54 Å². The Morgan fingerprint density at radius 1 is 1.15 bits per heavy atom. The van der Waals surface area contributed by atoms with E-state index in [0.29, 0.717) is 23.4 Å². The minimum atomic E-state index is -0.253. The Kier molecular flexibility index (Phi) is 4.72. The van der Waals surface area contributed by atoms with E-state index in [1.807, 2.05) is 6.92 Å². The second kappa shape index (κ2) is 7.17. The van der Waals surface area contributed by atoms with E-state index < -0.39 is 0 Å². The van der Waals surface area contributed by atoms with Crippen LogP contribution in [0.2, 0.25) is 0 Å². The highest BCUT2D eigenvalue weighted by molar-refractivity contribution is 5.79. The van der Waals surface area contributed by atoms with Crippen LogP contribution in [-0.4, -0.2) is 57.6 Å². The quantitative estimate of drug-likeness (QED) is 0.709. The number of fused-ring (bicyclic) bond motifs is 1. The molecule has 0 bridgehead atoms. The molecule has 0 atom stereocenters. The third-order valence-electron chi connectivity index (χ3n) is 5.17. The standard InChI is InChI=1S/C20H22FN5O/c1-14-9-19(27)26(20-17(14)11-22-13-23-20)16-3-4-18(21)15(10-16)12-25-7-5-24(2)6-8-25/h3-4,9-11,13H,5-8,12H2,1-2H3. The van der Waals surface area contributed by atoms with Gasteiger partial charge in [-0.2, -0.15) is 0 Å². The fraction of sp³-hybridized carbons (Fsp3) is 0.350. The number of pyridine rings is 1. The SMILES string of the molecule is Cc1cc(=O)n(-c2ccc(F)c(CN3CCN(C)CC3)c2)c2ncncc12. The van der Waals surface area contributed by atoms with Gasteiger partial charge < -0.3 is 4.90 Å². The number of aryl methyl sites for hydroxylation is 1. The highest BCUT2D eigenvalue weighted by Gasteiger charge is 2.17. The Morgan fingerprint density at radius 3 is 2.70 bits per heavy atom. The lowest BCUT2D eigenvalue weighted by Gasteiger charge is -2.32. The van der Waals surface area contributed by atoms with Crippen LogP contribution >= 0.6 is 0 Å². The molecule has 0 unspecified atom stereocenters. The summed E-state index contributed by atoms with van der Waals surface area (Å²) >= 11 is 0. The summed E-state index contributed by atoms with van der Waals surface area (Å²) in [4.78, 5) is 25.5. The molecule has 140 valence electrons. The monoisotopic (exact) mass is 367 g/mol. The zero-order valence-electron chi connectivity index (χ0n) is 15.5. The van der Waals surface area contributed by atoms with E-state index >= 15 is 0 Å². The molecule has 0 spiro atoms. The molecule has 0 saturated carbocycles. The molecule has 7 heteroatoms. The molecule has 27 heavy (non-hydrogen) atoms. The Bertz CT molecular complexity index is 1040. The number of benzene rings is 1. The maximum Gasteiger partial charge on any atom is 0.257 e. The lowest BCUT2D eigenvalue weighted by atomic mass is 10.1. The first-order valence-corrected chi connectivity index (χ1v) is 9.05. The molecule has 1 saturated heterocycles. The fourth-order valence-electron chi connectivity index (χ4n) is 3.53. The van der Waals surface area contributed by atoms with Crippen molar-refractivity contribution in [3.05, 3.63) is 64.1 Å². The molecule has 1 aliphatic rings. The van der Waals surface area contributed by atoms with E-state index in [4.69, 9.17) is 0 Å². The number of nitrogens with zero attached hydrogens (tertiary/aromatic N) is 5. The Hall–Kier alpha value is -2.64. The Morgan fingerprint density at radius 2 is 1.93 bits per heavy atom. The second-order valence-electron chi connectivity index (χ2n) is 7.12. The molecule has 4 rings (SSSR count). The number of hydrogen-bond donors (Lipinski definition) is 0. The summed E-state index contributed by atoms with van der Waals surface area (Å²) in [6.07, 6.45) is 3.12. The average Bonchev–Trinajstić information content (AvgIpc) is 2.66. The first kappa shape index (κ1) is 17.8. The van der Waals surface area contributed by atoms with Gasteiger partial charge in [-0.15, -0.1) is 0 Å². The van der Waals surface area contributed by atoms with Gasteiger partial charge in [0.05, 0.1) is 5.69 Å². The molecule has 2 aromatic heterocycles. The number of halogens is 1. The maximum atomic E-state index is 14.4. The summed E-state index contributed by atoms with van der Waals surface area (Å²) < 4.78 is 16.0. The van der Waals surface area contributed by atoms with Crippen molar-refractivity contribution in [2.45, 2.75) is 13.5 Å². The molecule has 0 N–H and O–H groups in total. The van der Waals surface area contributed by atoms with Gasteiger partial charge in [0.2, 0.25) is 0 Å². The minimum Gasteiger partial charge on any atom is -0.304 e. The van der Waals surface area contributed by atoms with Crippen LogP contribution in [0.15, 0.2) is 41.6 Å². The summed E-state index contributed by atoms with van der Waals surface area (Å²) in [6.45, 7) is 6.14. The van der Waals surface area contributed by atoms with Gasteiger partial charge in [0.15, 0.2) is 5.65 Å². The minimum absolute atomic E-state index is 0.184. The Balaban J connectivity index is 1.76. The van der Waals surface area contributed by atoms with Crippen LogP contribution in [0.4, 0.5) is 4.39 Å². The third-order valence-corrected chi connectivity index (χ3v) is 5.17. The lowest BCUT2D eigenvalue weighted by Crippen LogP contribution is -2.44. The van der Waals surface area contributed by atoms with Gasteiger partial charge in [0.25, 0.3) is 5.56 Å². The summed E-state index contributed by atoms with van der Waals surface area (Å²) in [5.74, 6) is -0.253. The number of rotatable bonds is 3. The number of hydrogen-bond acceptors (Lipinski definition) is 5. The lowest BCUT2D eigenvalue weighted by molar-refractivity contribution is 0.147. The van der Waals surface area contributed by atoms with Crippen molar-refractivity contribution in [2.75, 3.05) is 33.2 Å². The van der Waals surface area contributed by atoms with Crippen molar-refractivity contribution in [3.63, 3.8) is 0 Å². The summed E-state index contributed by atoms with van der Waals surface area (Å²) in [6, 6.07) is 6.38. The van der Waals surface area contributed by atoms with Crippen molar-refractivity contribution >= 4 is 11.0 Å². The van der Waals surface area contributed by atoms with Gasteiger partial charge in [-0.3, -0.25) is 14.3 Å². The highest BCUT2D eigenvalue weighted by atomic mass is 19.1. The van der Waals surface area contributed by atoms with Gasteiger partial charge in [-0.1, -0.05) is 0 Å². The molecule has 1 aromatic carbocycles. The topological polar surface area (TPSA) is 54.3 Å². The van der Waals surface area contributed by atoms with Crippen molar-refractivity contribution in [3.8, 4) is 5.69 Å². The second-order valence-corrected chi connectivity index (χ2v) is 7.12. The van der Waals surface area contributed by atoms with Gasteiger partial charge in [0.1, 0.15) is 12.1 Å². The van der Waals surface area contributed by atoms with Gasteiger partial charge in [-0.25, -0.2) is 14.4 Å². The molecule has 0 radical (unpaired) electrons. The van der Waals surface area contributed by atoms with Crippen molar-refractivity contribution in [1.29, 1.82) is 0 Å². The van der Waals surface area contributed by atoms with Crippen LogP contribution in [0.25, 0.3) is 16.7 Å². The van der Waals surface area contributed by atoms with Crippen molar-refractivity contribution in [2.24, 2.45) is 0 Å². The van der Waals surface area contributed by atoms with E-state index in [2.05, 4.69) is 26.8 Å². The predicted octanol–water partition coefficient (Wildman–Crippen LogP) is 1.98. The zero-order chi connectivity index (χ0) is 19.0. The molecule has 0 aliphatic carbocycles. The zero-order valence-corrected chi connectivity index (χ0v) is 15.5. The molecule has 3 heterocycles. The molecular weight excluding hydrogens is 345 g/mol. The molecule has 0 amide bonds. The van der Waals surface area contributed by atoms with Crippen LogP contribution in [0, 0.1) is 12.7 Å². The molecule has 6 nitrogen and oxygen atoms in total. The van der Waals surface area contributed by atoms with Gasteiger partial charge in [0, 0.05) is 55.9 Å². The summed E-state index contributed by atoms with van der Waals surface area (Å²) in [5, 5.41) is 0.807. The van der Waals surface area contributed by atoms with Crippen molar-refractivity contribution in [1.82, 2.24) is 24.3 Å². The van der Waals surface area contributed by atoms with Gasteiger partial charge >= 0.3 is 0 Å². The molecule has 1 fully saturated rings. The number of likely N-dealkylation sites (N-methyl/N-ethyl adjacent to an activating group) is 1. The van der Waals surface area contributed by atoms with Crippen LogP contribution in [0.5, 0.6) is 0 Å². The van der Waals surface area contributed by atoms with E-state index in [9.17, 15) is 9.18 Å². The van der Waals surface area contributed by atoms with Gasteiger partial charge in [-0.05, 0) is 37.7 Å². The summed E-state index contributed by atoms with van der Waals surface area (Å²) in [5.41, 5.74) is 2.38. The molecule has 1 aliphatic heterocycles. The molecular formula is C20H22FN5O. The number of piperazine rings is 1. The van der Waals surface area contributed by atoms with Crippen LogP contribution < -0.4 is 5.56 Å². The first-order chi connectivity index (χ1) is 13.0. The van der Waals surface area contributed by atoms with Crippen LogP contribution in [0.1, 0.15) is 11.1 Å². The van der Waals surface area contributed by atoms with Crippen LogP contribution in [0.3, 0.4) is 0 Å². The van der Waals surface area contributed by atoms with E-state index in [-0.39, 0.29) is 11.4 Å². The summed E-state index contributed by atoms with van der Waals surface area (Å²) in [7, 11) is 2.09. The smallest absolute Gasteiger partial charge is 0.257 e. The fourth-order valence-corrected chi connectivity index (χ4v) is 3.53. The average molecular weight is 367 g/mol. The van der Waals surface area contributed by atoms with Crippen molar-refractivity contribution < 1.29 is 4.39 Å². The van der Waals surface area contributed by atoms with E-state index in [1.165, 1.54) is 17.0 Å². The highest BCUT2D eigenvalue weighted by Crippen LogP contribution is 2.20. The van der Waals surface area contributed by atoms with E-state index in [0.717, 1.165) is 37.1 Å². The number of aromatic nitrogens is 3. The predicted molar refractivity (Wildman–Crippen MR) is 103 cm³/mol. The molecule has 3 aromatic rings. The normalized spacial score (nSPS) is 16.1.